The van der Waals surface area contributed by atoms with Gasteiger partial charge in [-0.2, -0.15) is 0 Å². The second-order valence-electron chi connectivity index (χ2n) is 3.47. The molecule has 0 unspecified atom stereocenters. The Morgan fingerprint density at radius 1 is 1.44 bits per heavy atom. The number of carboxylic acid groups (broad SMARTS) is 1. The summed E-state index contributed by atoms with van der Waals surface area (Å²) >= 11 is 0. The van der Waals surface area contributed by atoms with E-state index in [1.165, 1.54) is 13.0 Å². The lowest BCUT2D eigenvalue weighted by molar-refractivity contribution is -0.132. The van der Waals surface area contributed by atoms with Crippen molar-refractivity contribution >= 4 is 17.7 Å². The molecule has 2 rings (SSSR count). The molecule has 1 heterocycles. The summed E-state index contributed by atoms with van der Waals surface area (Å²) in [5.41, 5.74) is 7.06. The predicted molar refractivity (Wildman–Crippen MR) is 58.3 cm³/mol. The fourth-order valence-corrected chi connectivity index (χ4v) is 1.39. The molecule has 1 aliphatic heterocycles. The molecule has 0 spiro atoms. The van der Waals surface area contributed by atoms with Gasteiger partial charge in [-0.05, 0) is 19.1 Å². The average Bonchev–Trinajstić information content (AvgIpc) is 2.65. The van der Waals surface area contributed by atoms with E-state index in [4.69, 9.17) is 20.3 Å². The third-order valence-electron chi connectivity index (χ3n) is 2.29. The van der Waals surface area contributed by atoms with Gasteiger partial charge in [0.1, 0.15) is 0 Å². The summed E-state index contributed by atoms with van der Waals surface area (Å²) in [6.45, 7) is 1.67. The fraction of sp³-hybridized carbons (Fsp3) is 0.182. The first-order valence-electron chi connectivity index (χ1n) is 4.68. The number of hydrogen-bond acceptors (Lipinski definition) is 4. The largest absolute Gasteiger partial charge is 0.478 e. The number of benzene rings is 1. The number of carbonyl (C=O) groups is 1. The van der Waals surface area contributed by atoms with E-state index >= 15 is 0 Å². The fourth-order valence-electron chi connectivity index (χ4n) is 1.39. The second-order valence-corrected chi connectivity index (χ2v) is 3.47. The minimum absolute atomic E-state index is 0.167. The van der Waals surface area contributed by atoms with Crippen LogP contribution in [-0.2, 0) is 4.79 Å². The van der Waals surface area contributed by atoms with Crippen molar-refractivity contribution in [2.24, 2.45) is 0 Å². The van der Waals surface area contributed by atoms with Crippen molar-refractivity contribution in [1.29, 1.82) is 0 Å². The van der Waals surface area contributed by atoms with Gasteiger partial charge >= 0.3 is 5.97 Å². The van der Waals surface area contributed by atoms with Crippen molar-refractivity contribution in [1.82, 2.24) is 0 Å². The van der Waals surface area contributed by atoms with Gasteiger partial charge in [-0.3, -0.25) is 0 Å². The maximum atomic E-state index is 10.7. The molecule has 0 aliphatic carbocycles. The summed E-state index contributed by atoms with van der Waals surface area (Å²) in [5, 5.41) is 8.76. The summed E-state index contributed by atoms with van der Waals surface area (Å²) in [6.07, 6.45) is 1.50. The highest BCUT2D eigenvalue weighted by Gasteiger charge is 2.15. The maximum Gasteiger partial charge on any atom is 0.331 e. The Bertz CT molecular complexity index is 479. The minimum Gasteiger partial charge on any atom is -0.478 e. The number of aliphatic carboxylic acids is 1. The number of carboxylic acids is 1. The second kappa shape index (κ2) is 3.77. The zero-order valence-corrected chi connectivity index (χ0v) is 8.69. The van der Waals surface area contributed by atoms with Crippen molar-refractivity contribution in [2.45, 2.75) is 6.92 Å². The minimum atomic E-state index is -0.975. The molecule has 0 saturated heterocycles. The number of fused-ring (bicyclic) bond motifs is 1. The quantitative estimate of drug-likeness (QED) is 0.584. The van der Waals surface area contributed by atoms with Crippen LogP contribution in [0.4, 0.5) is 5.69 Å². The van der Waals surface area contributed by atoms with E-state index in [9.17, 15) is 4.79 Å². The highest BCUT2D eigenvalue weighted by molar-refractivity contribution is 5.92. The topological polar surface area (TPSA) is 81.8 Å². The number of rotatable bonds is 2. The molecule has 0 radical (unpaired) electrons. The van der Waals surface area contributed by atoms with E-state index in [0.29, 0.717) is 22.7 Å². The summed E-state index contributed by atoms with van der Waals surface area (Å²) < 4.78 is 10.3. The van der Waals surface area contributed by atoms with Crippen LogP contribution < -0.4 is 15.2 Å². The third kappa shape index (κ3) is 1.79. The van der Waals surface area contributed by atoms with Crippen LogP contribution in [0.1, 0.15) is 12.5 Å². The number of nitrogen functional groups attached to an aromatic ring is 1. The van der Waals surface area contributed by atoms with Gasteiger partial charge in [0, 0.05) is 22.9 Å². The summed E-state index contributed by atoms with van der Waals surface area (Å²) in [4.78, 5) is 10.7. The molecule has 84 valence electrons. The zero-order valence-electron chi connectivity index (χ0n) is 8.69. The van der Waals surface area contributed by atoms with Crippen molar-refractivity contribution in [2.75, 3.05) is 12.5 Å². The van der Waals surface area contributed by atoms with E-state index in [0.717, 1.165) is 0 Å². The summed E-state index contributed by atoms with van der Waals surface area (Å²) in [6, 6.07) is 3.30. The highest BCUT2D eigenvalue weighted by Crippen LogP contribution is 2.36. The number of hydrogen-bond donors (Lipinski definition) is 2. The zero-order chi connectivity index (χ0) is 11.7. The molecule has 0 saturated carbocycles. The normalized spacial score (nSPS) is 13.9. The van der Waals surface area contributed by atoms with E-state index in [2.05, 4.69) is 0 Å². The van der Waals surface area contributed by atoms with Gasteiger partial charge in [0.2, 0.25) is 6.79 Å². The number of anilines is 1. The first-order valence-corrected chi connectivity index (χ1v) is 4.68. The van der Waals surface area contributed by atoms with E-state index < -0.39 is 5.97 Å². The smallest absolute Gasteiger partial charge is 0.331 e. The average molecular weight is 221 g/mol. The molecule has 0 atom stereocenters. The number of nitrogens with two attached hydrogens (primary N) is 1. The molecule has 1 aromatic carbocycles. The van der Waals surface area contributed by atoms with Crippen LogP contribution in [0, 0.1) is 0 Å². The lowest BCUT2D eigenvalue weighted by atomic mass is 10.1. The van der Waals surface area contributed by atoms with Crippen LogP contribution >= 0.6 is 0 Å². The van der Waals surface area contributed by atoms with Crippen LogP contribution in [0.5, 0.6) is 11.5 Å². The third-order valence-corrected chi connectivity index (χ3v) is 2.29. The summed E-state index contributed by atoms with van der Waals surface area (Å²) in [7, 11) is 0. The monoisotopic (exact) mass is 221 g/mol. The van der Waals surface area contributed by atoms with Crippen molar-refractivity contribution in [3.8, 4) is 11.5 Å². The predicted octanol–water partition coefficient (Wildman–Crippen LogP) is 1.49. The van der Waals surface area contributed by atoms with E-state index in [1.54, 1.807) is 12.1 Å². The van der Waals surface area contributed by atoms with Gasteiger partial charge in [0.15, 0.2) is 11.5 Å². The van der Waals surface area contributed by atoms with Gasteiger partial charge in [-0.25, -0.2) is 4.79 Å². The molecule has 0 amide bonds. The van der Waals surface area contributed by atoms with E-state index in [-0.39, 0.29) is 12.4 Å². The van der Waals surface area contributed by atoms with Crippen molar-refractivity contribution < 1.29 is 19.4 Å². The van der Waals surface area contributed by atoms with E-state index in [1.807, 2.05) is 0 Å². The molecular formula is C11H11NO4. The molecule has 0 aromatic heterocycles. The van der Waals surface area contributed by atoms with Gasteiger partial charge in [-0.15, -0.1) is 0 Å². The highest BCUT2D eigenvalue weighted by atomic mass is 16.7. The molecule has 5 heteroatoms. The van der Waals surface area contributed by atoms with Crippen LogP contribution in [-0.4, -0.2) is 17.9 Å². The first kappa shape index (κ1) is 10.4. The molecule has 0 fully saturated rings. The lowest BCUT2D eigenvalue weighted by Crippen LogP contribution is -1.97. The Morgan fingerprint density at radius 2 is 2.06 bits per heavy atom. The molecule has 0 bridgehead atoms. The van der Waals surface area contributed by atoms with Crippen LogP contribution in [0.3, 0.4) is 0 Å². The standard InChI is InChI=1S/C11H11NO4/c1-6(11(13)14)2-7-3-9-10(4-8(7)12)16-5-15-9/h2-4H,5,12H2,1H3,(H,13,14). The Kier molecular flexibility index (Phi) is 2.44. The van der Waals surface area contributed by atoms with Crippen LogP contribution in [0.25, 0.3) is 6.08 Å². The molecule has 16 heavy (non-hydrogen) atoms. The maximum absolute atomic E-state index is 10.7. The van der Waals surface area contributed by atoms with Crippen LogP contribution in [0.15, 0.2) is 17.7 Å². The van der Waals surface area contributed by atoms with Crippen molar-refractivity contribution in [3.05, 3.63) is 23.3 Å². The molecule has 1 aliphatic rings. The Morgan fingerprint density at radius 3 is 2.69 bits per heavy atom. The van der Waals surface area contributed by atoms with Gasteiger partial charge in [0.05, 0.1) is 0 Å². The molecular weight excluding hydrogens is 210 g/mol. The molecule has 1 aromatic rings. The van der Waals surface area contributed by atoms with Gasteiger partial charge in [0.25, 0.3) is 0 Å². The summed E-state index contributed by atoms with van der Waals surface area (Å²) in [5.74, 6) is 0.193. The molecule has 5 nitrogen and oxygen atoms in total. The Labute approximate surface area is 92.1 Å². The molecule has 3 N–H and O–H groups in total. The Hall–Kier alpha value is -2.17. The Balaban J connectivity index is 2.43. The van der Waals surface area contributed by atoms with Crippen LogP contribution in [0.2, 0.25) is 0 Å². The lowest BCUT2D eigenvalue weighted by Gasteiger charge is -2.03. The van der Waals surface area contributed by atoms with Gasteiger partial charge < -0.3 is 20.3 Å². The van der Waals surface area contributed by atoms with Crippen molar-refractivity contribution in [3.63, 3.8) is 0 Å². The first-order chi connectivity index (χ1) is 7.58. The van der Waals surface area contributed by atoms with Gasteiger partial charge in [-0.1, -0.05) is 0 Å². The number of ether oxygens (including phenoxy) is 2. The SMILES string of the molecule is CC(=Cc1cc2c(cc1N)OCO2)C(=O)O.